The zero-order chi connectivity index (χ0) is 17.9. The molecule has 0 N–H and O–H groups in total. The number of hydrogen-bond donors (Lipinski definition) is 0. The third-order valence-corrected chi connectivity index (χ3v) is 5.28. The van der Waals surface area contributed by atoms with E-state index in [1.807, 2.05) is 6.92 Å². The van der Waals surface area contributed by atoms with Crippen molar-refractivity contribution >= 4 is 42.4 Å². The maximum absolute atomic E-state index is 4.60. The summed E-state index contributed by atoms with van der Waals surface area (Å²) in [6.07, 6.45) is 3.42. The molecule has 0 saturated carbocycles. The summed E-state index contributed by atoms with van der Waals surface area (Å²) in [5, 5.41) is 4.87. The van der Waals surface area contributed by atoms with Gasteiger partial charge in [-0.2, -0.15) is 0 Å². The number of benzene rings is 3. The minimum atomic E-state index is 1.01. The number of nitrogens with zero attached hydrogens (tertiary/aromatic N) is 2. The van der Waals surface area contributed by atoms with E-state index in [9.17, 15) is 0 Å². The van der Waals surface area contributed by atoms with Crippen LogP contribution in [0, 0.1) is 0 Å². The molecule has 0 unspecified atom stereocenters. The lowest BCUT2D eigenvalue weighted by Gasteiger charge is -2.05. The molecule has 3 heteroatoms. The number of fused-ring (bicyclic) bond motifs is 4. The van der Waals surface area contributed by atoms with Crippen molar-refractivity contribution in [1.29, 1.82) is 0 Å². The molecule has 2 nitrogen and oxygen atoms in total. The topological polar surface area (TPSA) is 25.8 Å². The Morgan fingerprint density at radius 3 is 2.46 bits per heavy atom. The van der Waals surface area contributed by atoms with Gasteiger partial charge in [0.2, 0.25) is 0 Å². The minimum absolute atomic E-state index is 1.01. The lowest BCUT2D eigenvalue weighted by molar-refractivity contribution is 1.24. The van der Waals surface area contributed by atoms with E-state index in [1.165, 1.54) is 20.9 Å². The van der Waals surface area contributed by atoms with Crippen LogP contribution < -0.4 is 0 Å². The number of aromatic nitrogens is 2. The van der Waals surface area contributed by atoms with Crippen molar-refractivity contribution in [2.45, 2.75) is 6.92 Å². The molecule has 5 aromatic rings. The standard InChI is InChI=1S/C20H12N2S.C3H6/c1-2-6-14-11-15(10-9-13(14)5-1)19-18-16-7-3-4-8-17(16)23-20(18)22-12-21-19;1-3-2/h1-12H;3H,1H2,2H3. The highest BCUT2D eigenvalue weighted by Crippen LogP contribution is 2.37. The van der Waals surface area contributed by atoms with Gasteiger partial charge in [-0.25, -0.2) is 9.97 Å². The van der Waals surface area contributed by atoms with E-state index in [0.717, 1.165) is 21.5 Å². The van der Waals surface area contributed by atoms with Crippen LogP contribution in [-0.4, -0.2) is 9.97 Å². The SMILES string of the molecule is C=CC.c1ccc2cc(-c3ncnc4sc5ccccc5c34)ccc2c1. The fourth-order valence-corrected chi connectivity index (χ4v) is 4.15. The van der Waals surface area contributed by atoms with Gasteiger partial charge in [0.1, 0.15) is 11.2 Å². The van der Waals surface area contributed by atoms with Crippen LogP contribution in [0.5, 0.6) is 0 Å². The zero-order valence-electron chi connectivity index (χ0n) is 14.5. The van der Waals surface area contributed by atoms with E-state index in [2.05, 4.69) is 83.3 Å². The molecule has 126 valence electrons. The molecule has 2 heterocycles. The van der Waals surface area contributed by atoms with Gasteiger partial charge in [0.05, 0.1) is 5.69 Å². The van der Waals surface area contributed by atoms with Gasteiger partial charge in [-0.3, -0.25) is 0 Å². The Morgan fingerprint density at radius 1 is 0.885 bits per heavy atom. The first-order valence-corrected chi connectivity index (χ1v) is 9.32. The lowest BCUT2D eigenvalue weighted by Crippen LogP contribution is -1.87. The van der Waals surface area contributed by atoms with Gasteiger partial charge in [-0.15, -0.1) is 17.9 Å². The molecule has 0 radical (unpaired) electrons. The Labute approximate surface area is 156 Å². The Kier molecular flexibility index (Phi) is 4.46. The summed E-state index contributed by atoms with van der Waals surface area (Å²) >= 11 is 1.72. The van der Waals surface area contributed by atoms with Crippen LogP contribution in [0.3, 0.4) is 0 Å². The molecule has 2 aromatic heterocycles. The lowest BCUT2D eigenvalue weighted by atomic mass is 10.0. The average molecular weight is 354 g/mol. The molecule has 3 aromatic carbocycles. The van der Waals surface area contributed by atoms with Gasteiger partial charge in [-0.1, -0.05) is 60.7 Å². The molecule has 0 bridgehead atoms. The fourth-order valence-electron chi connectivity index (χ4n) is 3.11. The van der Waals surface area contributed by atoms with Crippen LogP contribution in [0.15, 0.2) is 85.7 Å². The molecular formula is C23H18N2S. The third kappa shape index (κ3) is 2.87. The maximum atomic E-state index is 4.60. The summed E-state index contributed by atoms with van der Waals surface area (Å²) in [6.45, 7) is 5.25. The number of hydrogen-bond acceptors (Lipinski definition) is 3. The predicted octanol–water partition coefficient (Wildman–Crippen LogP) is 6.86. The monoisotopic (exact) mass is 354 g/mol. The summed E-state index contributed by atoms with van der Waals surface area (Å²) < 4.78 is 1.25. The minimum Gasteiger partial charge on any atom is -0.236 e. The van der Waals surface area contributed by atoms with Gasteiger partial charge < -0.3 is 0 Å². The Balaban J connectivity index is 0.000000527. The van der Waals surface area contributed by atoms with E-state index in [0.29, 0.717) is 0 Å². The van der Waals surface area contributed by atoms with Gasteiger partial charge >= 0.3 is 0 Å². The summed E-state index contributed by atoms with van der Waals surface area (Å²) in [6, 6.07) is 23.4. The highest BCUT2D eigenvalue weighted by atomic mass is 32.1. The first kappa shape index (κ1) is 16.4. The zero-order valence-corrected chi connectivity index (χ0v) is 15.3. The van der Waals surface area contributed by atoms with Crippen LogP contribution >= 0.6 is 11.3 Å². The molecule has 0 atom stereocenters. The highest BCUT2D eigenvalue weighted by Gasteiger charge is 2.13. The Hall–Kier alpha value is -3.04. The molecule has 5 rings (SSSR count). The van der Waals surface area contributed by atoms with Crippen molar-refractivity contribution < 1.29 is 0 Å². The smallest absolute Gasteiger partial charge is 0.128 e. The van der Waals surface area contributed by atoms with Gasteiger partial charge in [0.25, 0.3) is 0 Å². The summed E-state index contributed by atoms with van der Waals surface area (Å²) in [5.41, 5.74) is 2.15. The fraction of sp³-hybridized carbons (Fsp3) is 0.0435. The number of allylic oxidation sites excluding steroid dienone is 1. The van der Waals surface area contributed by atoms with Gasteiger partial charge in [0.15, 0.2) is 0 Å². The second kappa shape index (κ2) is 7.06. The van der Waals surface area contributed by atoms with E-state index >= 15 is 0 Å². The number of thiophene rings is 1. The second-order valence-corrected chi connectivity index (χ2v) is 7.00. The molecule has 0 aliphatic heterocycles. The second-order valence-electron chi connectivity index (χ2n) is 5.97. The van der Waals surface area contributed by atoms with Crippen LogP contribution in [0.25, 0.3) is 42.3 Å². The third-order valence-electron chi connectivity index (χ3n) is 4.20. The highest BCUT2D eigenvalue weighted by molar-refractivity contribution is 7.25. The van der Waals surface area contributed by atoms with Gasteiger partial charge in [0, 0.05) is 21.0 Å². The quantitative estimate of drug-likeness (QED) is 0.307. The van der Waals surface area contributed by atoms with Crippen molar-refractivity contribution in [3.63, 3.8) is 0 Å². The van der Waals surface area contributed by atoms with Crippen molar-refractivity contribution in [3.05, 3.63) is 85.7 Å². The molecule has 26 heavy (non-hydrogen) atoms. The molecule has 0 saturated heterocycles. The molecule has 0 amide bonds. The average Bonchev–Trinajstić information content (AvgIpc) is 3.07. The van der Waals surface area contributed by atoms with Crippen molar-refractivity contribution in [1.82, 2.24) is 9.97 Å². The van der Waals surface area contributed by atoms with E-state index < -0.39 is 0 Å². The predicted molar refractivity (Wildman–Crippen MR) is 114 cm³/mol. The molecule has 0 spiro atoms. The van der Waals surface area contributed by atoms with Crippen LogP contribution in [0.1, 0.15) is 6.92 Å². The Morgan fingerprint density at radius 2 is 1.62 bits per heavy atom. The first-order chi connectivity index (χ1) is 12.8. The maximum Gasteiger partial charge on any atom is 0.128 e. The Bertz CT molecular complexity index is 1220. The van der Waals surface area contributed by atoms with Crippen molar-refractivity contribution in [2.24, 2.45) is 0 Å². The van der Waals surface area contributed by atoms with Crippen LogP contribution in [0.2, 0.25) is 0 Å². The van der Waals surface area contributed by atoms with Crippen LogP contribution in [-0.2, 0) is 0 Å². The summed E-state index contributed by atoms with van der Waals surface area (Å²) in [7, 11) is 0. The molecule has 0 aliphatic carbocycles. The first-order valence-electron chi connectivity index (χ1n) is 8.50. The van der Waals surface area contributed by atoms with Crippen molar-refractivity contribution in [3.8, 4) is 11.3 Å². The van der Waals surface area contributed by atoms with E-state index in [1.54, 1.807) is 23.7 Å². The normalized spacial score (nSPS) is 10.7. The van der Waals surface area contributed by atoms with E-state index in [-0.39, 0.29) is 0 Å². The molecule has 0 fully saturated rings. The largest absolute Gasteiger partial charge is 0.236 e. The van der Waals surface area contributed by atoms with Crippen molar-refractivity contribution in [2.75, 3.05) is 0 Å². The summed E-state index contributed by atoms with van der Waals surface area (Å²) in [5.74, 6) is 0. The van der Waals surface area contributed by atoms with E-state index in [4.69, 9.17) is 0 Å². The summed E-state index contributed by atoms with van der Waals surface area (Å²) in [4.78, 5) is 10.1. The van der Waals surface area contributed by atoms with Gasteiger partial charge in [-0.05, 0) is 29.8 Å². The molecular weight excluding hydrogens is 336 g/mol. The van der Waals surface area contributed by atoms with Crippen LogP contribution in [0.4, 0.5) is 0 Å². The number of rotatable bonds is 1. The molecule has 0 aliphatic rings.